The third-order valence-electron chi connectivity index (χ3n) is 7.19. The summed E-state index contributed by atoms with van der Waals surface area (Å²) in [5, 5.41) is 3.83. The number of hydrogen-bond acceptors (Lipinski definition) is 8. The van der Waals surface area contributed by atoms with Crippen LogP contribution in [0.3, 0.4) is 0 Å². The molecule has 0 spiro atoms. The van der Waals surface area contributed by atoms with Gasteiger partial charge in [-0.25, -0.2) is 9.59 Å². The summed E-state index contributed by atoms with van der Waals surface area (Å²) in [7, 11) is 1.36. The monoisotopic (exact) mass is 555 g/mol. The Balaban J connectivity index is 1.52. The molecule has 12 heteroatoms. The number of rotatable bonds is 7. The molecule has 0 saturated carbocycles. The zero-order valence-corrected chi connectivity index (χ0v) is 23.9. The van der Waals surface area contributed by atoms with Gasteiger partial charge >= 0.3 is 11.8 Å². The van der Waals surface area contributed by atoms with E-state index in [4.69, 9.17) is 9.15 Å². The molecule has 1 aromatic carbocycles. The van der Waals surface area contributed by atoms with Crippen LogP contribution in [0.5, 0.6) is 0 Å². The Kier molecular flexibility index (Phi) is 7.91. The molecule has 1 fully saturated rings. The van der Waals surface area contributed by atoms with Gasteiger partial charge in [0.05, 0.1) is 0 Å². The Morgan fingerprint density at radius 3 is 2.23 bits per heavy atom. The first-order valence-corrected chi connectivity index (χ1v) is 13.4. The average molecular weight is 556 g/mol. The highest BCUT2D eigenvalue weighted by Gasteiger charge is 2.42. The zero-order chi connectivity index (χ0) is 29.4. The lowest BCUT2D eigenvalue weighted by molar-refractivity contribution is -0.138. The third kappa shape index (κ3) is 6.26. The second-order valence-electron chi connectivity index (χ2n) is 12.0. The van der Waals surface area contributed by atoms with E-state index < -0.39 is 47.3 Å². The van der Waals surface area contributed by atoms with E-state index in [1.807, 2.05) is 24.3 Å². The summed E-state index contributed by atoms with van der Waals surface area (Å²) < 4.78 is 11.5. The molecule has 2 aromatic rings. The number of hydrogen-bond donors (Lipinski definition) is 0. The molecule has 0 aliphatic carbocycles. The minimum Gasteiger partial charge on any atom is -0.444 e. The average Bonchev–Trinajstić information content (AvgIpc) is 3.59. The number of ketones is 1. The van der Waals surface area contributed by atoms with Gasteiger partial charge in [0.15, 0.2) is 0 Å². The standard InChI is InChI=1S/C28H37N5O7/c1-27(2,3)40-26(38)33(28(4,5)14-21(34)31-15-18-10-7-8-11-19(18)16-31)17-22(35)32-13-9-12-20(32)23(36)24-29-30(6)25(37)39-24/h7-8,10-11,20H,9,12-17H2,1-6H3/t20-/m0/s1. The number of ether oxygens (including phenoxy) is 1. The van der Waals surface area contributed by atoms with Gasteiger partial charge in [0.1, 0.15) is 18.2 Å². The van der Waals surface area contributed by atoms with E-state index in [1.165, 1.54) is 16.8 Å². The molecule has 1 atom stereocenters. The van der Waals surface area contributed by atoms with Crippen LogP contribution in [0.2, 0.25) is 0 Å². The molecule has 3 heterocycles. The largest absolute Gasteiger partial charge is 0.444 e. The smallest absolute Gasteiger partial charge is 0.437 e. The number of nitrogens with zero attached hydrogens (tertiary/aromatic N) is 5. The summed E-state index contributed by atoms with van der Waals surface area (Å²) in [6, 6.07) is 6.97. The number of amides is 3. The molecule has 12 nitrogen and oxygen atoms in total. The topological polar surface area (TPSA) is 135 Å². The fourth-order valence-electron chi connectivity index (χ4n) is 5.08. The third-order valence-corrected chi connectivity index (χ3v) is 7.19. The molecule has 1 aromatic heterocycles. The first kappa shape index (κ1) is 29.0. The Hall–Kier alpha value is -3.96. The normalized spacial score (nSPS) is 17.1. The van der Waals surface area contributed by atoms with Crippen molar-refractivity contribution in [2.75, 3.05) is 13.1 Å². The molecular formula is C28H37N5O7. The zero-order valence-electron chi connectivity index (χ0n) is 23.9. The van der Waals surface area contributed by atoms with E-state index in [0.717, 1.165) is 15.8 Å². The molecular weight excluding hydrogens is 518 g/mol. The van der Waals surface area contributed by atoms with Gasteiger partial charge in [0.25, 0.3) is 5.89 Å². The van der Waals surface area contributed by atoms with Crippen LogP contribution in [0.25, 0.3) is 0 Å². The van der Waals surface area contributed by atoms with Crippen LogP contribution < -0.4 is 5.76 Å². The number of carbonyl (C=O) groups is 4. The molecule has 40 heavy (non-hydrogen) atoms. The van der Waals surface area contributed by atoms with Crippen LogP contribution in [-0.4, -0.2) is 78.4 Å². The number of benzene rings is 1. The van der Waals surface area contributed by atoms with Crippen LogP contribution in [0.1, 0.15) is 75.7 Å². The molecule has 4 rings (SSSR count). The molecule has 1 saturated heterocycles. The quantitative estimate of drug-likeness (QED) is 0.476. The van der Waals surface area contributed by atoms with E-state index in [0.29, 0.717) is 32.5 Å². The van der Waals surface area contributed by atoms with Crippen molar-refractivity contribution in [1.82, 2.24) is 24.5 Å². The van der Waals surface area contributed by atoms with E-state index in [9.17, 15) is 24.0 Å². The van der Waals surface area contributed by atoms with Crippen molar-refractivity contribution < 1.29 is 28.3 Å². The van der Waals surface area contributed by atoms with Gasteiger partial charge in [-0.3, -0.25) is 19.3 Å². The molecule has 0 unspecified atom stereocenters. The predicted molar refractivity (Wildman–Crippen MR) is 143 cm³/mol. The van der Waals surface area contributed by atoms with Crippen molar-refractivity contribution in [3.05, 3.63) is 51.8 Å². The van der Waals surface area contributed by atoms with Gasteiger partial charge in [-0.15, -0.1) is 5.10 Å². The Bertz CT molecular complexity index is 1340. The first-order valence-electron chi connectivity index (χ1n) is 13.4. The molecule has 2 aliphatic heterocycles. The van der Waals surface area contributed by atoms with Gasteiger partial charge < -0.3 is 19.0 Å². The van der Waals surface area contributed by atoms with Crippen LogP contribution in [0.4, 0.5) is 4.79 Å². The lowest BCUT2D eigenvalue weighted by Crippen LogP contribution is -2.56. The molecule has 3 amide bonds. The minimum absolute atomic E-state index is 0.0328. The van der Waals surface area contributed by atoms with Crippen LogP contribution >= 0.6 is 0 Å². The highest BCUT2D eigenvalue weighted by molar-refractivity contribution is 5.99. The van der Waals surface area contributed by atoms with Crippen molar-refractivity contribution in [2.45, 2.75) is 84.2 Å². The Morgan fingerprint density at radius 2 is 1.68 bits per heavy atom. The van der Waals surface area contributed by atoms with Crippen molar-refractivity contribution >= 4 is 23.7 Å². The molecule has 216 valence electrons. The van der Waals surface area contributed by atoms with Crippen molar-refractivity contribution in [3.63, 3.8) is 0 Å². The summed E-state index contributed by atoms with van der Waals surface area (Å²) in [6.07, 6.45) is 0.160. The summed E-state index contributed by atoms with van der Waals surface area (Å²) >= 11 is 0. The lowest BCUT2D eigenvalue weighted by atomic mass is 9.97. The van der Waals surface area contributed by atoms with E-state index >= 15 is 0 Å². The maximum absolute atomic E-state index is 13.6. The maximum atomic E-state index is 13.6. The van der Waals surface area contributed by atoms with Crippen molar-refractivity contribution in [3.8, 4) is 0 Å². The second-order valence-corrected chi connectivity index (χ2v) is 12.0. The molecule has 0 N–H and O–H groups in total. The lowest BCUT2D eigenvalue weighted by Gasteiger charge is -2.40. The number of fused-ring (bicyclic) bond motifs is 1. The van der Waals surface area contributed by atoms with E-state index in [1.54, 1.807) is 39.5 Å². The van der Waals surface area contributed by atoms with Gasteiger partial charge in [-0.1, -0.05) is 24.3 Å². The second kappa shape index (κ2) is 10.9. The van der Waals surface area contributed by atoms with Crippen molar-refractivity contribution in [2.24, 2.45) is 7.05 Å². The summed E-state index contributed by atoms with van der Waals surface area (Å²) in [6.45, 7) is 9.47. The first-order chi connectivity index (χ1) is 18.7. The number of likely N-dealkylation sites (tertiary alicyclic amines) is 1. The van der Waals surface area contributed by atoms with Gasteiger partial charge in [-0.05, 0) is 58.6 Å². The Labute approximate surface area is 232 Å². The van der Waals surface area contributed by atoms with E-state index in [2.05, 4.69) is 5.10 Å². The number of aromatic nitrogens is 2. The highest BCUT2D eigenvalue weighted by atomic mass is 16.6. The Morgan fingerprint density at radius 1 is 1.05 bits per heavy atom. The predicted octanol–water partition coefficient (Wildman–Crippen LogP) is 2.50. The number of aryl methyl sites for hydroxylation is 1. The SMILES string of the molecule is Cn1nc(C(=O)[C@@H]2CCCN2C(=O)CN(C(=O)OC(C)(C)C)C(C)(C)CC(=O)N2Cc3ccccc3C2)oc1=O. The van der Waals surface area contributed by atoms with Gasteiger partial charge in [0, 0.05) is 38.6 Å². The van der Waals surface area contributed by atoms with Crippen LogP contribution in [0.15, 0.2) is 33.5 Å². The summed E-state index contributed by atoms with van der Waals surface area (Å²) in [4.78, 5) is 69.5. The van der Waals surface area contributed by atoms with Crippen molar-refractivity contribution in [1.29, 1.82) is 0 Å². The summed E-state index contributed by atoms with van der Waals surface area (Å²) in [5.74, 6) is -2.34. The molecule has 0 bridgehead atoms. The van der Waals surface area contributed by atoms with Gasteiger partial charge in [0.2, 0.25) is 17.6 Å². The number of carbonyl (C=O) groups excluding carboxylic acids is 4. The highest BCUT2D eigenvalue weighted by Crippen LogP contribution is 2.29. The molecule has 2 aliphatic rings. The minimum atomic E-state index is -1.09. The summed E-state index contributed by atoms with van der Waals surface area (Å²) in [5.41, 5.74) is 0.247. The molecule has 0 radical (unpaired) electrons. The van der Waals surface area contributed by atoms with Crippen LogP contribution in [-0.2, 0) is 34.5 Å². The fourth-order valence-corrected chi connectivity index (χ4v) is 5.08. The fraction of sp³-hybridized carbons (Fsp3) is 0.571. The number of Topliss-reactive ketones (excluding diaryl/α,β-unsaturated/α-hetero) is 1. The van der Waals surface area contributed by atoms with E-state index in [-0.39, 0.29) is 18.2 Å². The maximum Gasteiger partial charge on any atom is 0.437 e. The van der Waals surface area contributed by atoms with Gasteiger partial charge in [-0.2, -0.15) is 4.68 Å². The van der Waals surface area contributed by atoms with Crippen LogP contribution in [0, 0.1) is 0 Å².